The minimum atomic E-state index is -0.603. The molecule has 0 amide bonds. The van der Waals surface area contributed by atoms with E-state index in [-0.39, 0.29) is 23.5 Å². The first kappa shape index (κ1) is 16.3. The molecule has 124 valence electrons. The van der Waals surface area contributed by atoms with Crippen LogP contribution in [0.5, 0.6) is 5.75 Å². The highest BCUT2D eigenvalue weighted by Gasteiger charge is 2.13. The number of carbonyl (C=O) groups is 1. The quantitative estimate of drug-likeness (QED) is 0.583. The van der Waals surface area contributed by atoms with Crippen molar-refractivity contribution in [2.75, 3.05) is 0 Å². The fourth-order valence-corrected chi connectivity index (χ4v) is 2.48. The summed E-state index contributed by atoms with van der Waals surface area (Å²) in [5.74, 6) is -0.591. The summed E-state index contributed by atoms with van der Waals surface area (Å²) in [6, 6.07) is 12.4. The number of carbonyl (C=O) groups excluding carboxylic acids is 1. The van der Waals surface area contributed by atoms with Gasteiger partial charge in [-0.05, 0) is 37.3 Å². The van der Waals surface area contributed by atoms with Gasteiger partial charge in [0, 0.05) is 22.6 Å². The van der Waals surface area contributed by atoms with Crippen LogP contribution in [0.25, 0.3) is 11.0 Å². The van der Waals surface area contributed by atoms with Gasteiger partial charge in [0.05, 0.1) is 17.2 Å². The second-order valence-electron chi connectivity index (χ2n) is 5.45. The summed E-state index contributed by atoms with van der Waals surface area (Å²) in [6.07, 6.45) is 0. The Hall–Kier alpha value is -3.59. The molecule has 1 N–H and O–H groups in total. The molecule has 0 saturated carbocycles. The van der Waals surface area contributed by atoms with E-state index in [0.29, 0.717) is 22.1 Å². The molecule has 0 aliphatic carbocycles. The number of hydrogen-bond acceptors (Lipinski definition) is 6. The molecule has 0 unspecified atom stereocenters. The Labute approximate surface area is 142 Å². The number of fused-ring (bicyclic) bond motifs is 1. The van der Waals surface area contributed by atoms with Gasteiger partial charge >= 0.3 is 11.6 Å². The molecule has 3 rings (SSSR count). The number of phenols is 1. The molecule has 0 radical (unpaired) electrons. The Bertz CT molecular complexity index is 1080. The van der Waals surface area contributed by atoms with Gasteiger partial charge in [-0.15, -0.1) is 0 Å². The first-order valence-corrected chi connectivity index (χ1v) is 7.42. The van der Waals surface area contributed by atoms with Crippen molar-refractivity contribution in [1.29, 1.82) is 5.26 Å². The summed E-state index contributed by atoms with van der Waals surface area (Å²) in [7, 11) is 0. The third-order valence-corrected chi connectivity index (χ3v) is 3.80. The van der Waals surface area contributed by atoms with Gasteiger partial charge in [0.2, 0.25) is 0 Å². The van der Waals surface area contributed by atoms with E-state index in [1.54, 1.807) is 31.2 Å². The molecule has 1 aromatic heterocycles. The summed E-state index contributed by atoms with van der Waals surface area (Å²) in [4.78, 5) is 23.9. The zero-order valence-corrected chi connectivity index (χ0v) is 13.3. The van der Waals surface area contributed by atoms with E-state index in [0.717, 1.165) is 0 Å². The number of nitriles is 1. The number of benzene rings is 2. The highest BCUT2D eigenvalue weighted by molar-refractivity contribution is 5.90. The monoisotopic (exact) mass is 335 g/mol. The molecule has 0 atom stereocenters. The molecule has 1 heterocycles. The molecule has 0 saturated heterocycles. The van der Waals surface area contributed by atoms with Gasteiger partial charge in [0.15, 0.2) is 0 Å². The molecule has 2 aromatic carbocycles. The molecular weight excluding hydrogens is 322 g/mol. The van der Waals surface area contributed by atoms with Crippen LogP contribution in [0.3, 0.4) is 0 Å². The van der Waals surface area contributed by atoms with E-state index in [4.69, 9.17) is 14.4 Å². The molecule has 0 fully saturated rings. The Morgan fingerprint density at radius 1 is 1.28 bits per heavy atom. The minimum absolute atomic E-state index is 0.0121. The Morgan fingerprint density at radius 2 is 2.08 bits per heavy atom. The van der Waals surface area contributed by atoms with E-state index < -0.39 is 11.6 Å². The van der Waals surface area contributed by atoms with Crippen molar-refractivity contribution in [1.82, 2.24) is 0 Å². The molecule has 6 heteroatoms. The summed E-state index contributed by atoms with van der Waals surface area (Å²) in [5.41, 5.74) is 1.17. The molecule has 0 aliphatic rings. The van der Waals surface area contributed by atoms with Gasteiger partial charge in [-0.2, -0.15) is 5.26 Å². The number of aryl methyl sites for hydroxylation is 1. The zero-order chi connectivity index (χ0) is 18.0. The molecule has 3 aromatic rings. The third-order valence-electron chi connectivity index (χ3n) is 3.80. The molecule has 0 bridgehead atoms. The molecule has 0 spiro atoms. The van der Waals surface area contributed by atoms with Crippen molar-refractivity contribution >= 4 is 16.9 Å². The Morgan fingerprint density at radius 3 is 2.84 bits per heavy atom. The second-order valence-corrected chi connectivity index (χ2v) is 5.45. The molecule has 25 heavy (non-hydrogen) atoms. The molecule has 0 aliphatic heterocycles. The van der Waals surface area contributed by atoms with E-state index in [1.165, 1.54) is 18.2 Å². The van der Waals surface area contributed by atoms with Crippen molar-refractivity contribution in [3.63, 3.8) is 0 Å². The molecular formula is C19H13NO5. The number of nitrogens with zero attached hydrogens (tertiary/aromatic N) is 1. The van der Waals surface area contributed by atoms with Gasteiger partial charge in [-0.25, -0.2) is 9.59 Å². The Kier molecular flexibility index (Phi) is 4.23. The van der Waals surface area contributed by atoms with E-state index in [1.807, 2.05) is 6.07 Å². The lowest BCUT2D eigenvalue weighted by Gasteiger charge is -2.09. The first-order chi connectivity index (χ1) is 12.0. The predicted molar refractivity (Wildman–Crippen MR) is 89.2 cm³/mol. The lowest BCUT2D eigenvalue weighted by molar-refractivity contribution is 0.0474. The summed E-state index contributed by atoms with van der Waals surface area (Å²) in [6.45, 7) is 1.49. The van der Waals surface area contributed by atoms with Crippen LogP contribution >= 0.6 is 0 Å². The SMILES string of the molecule is Cc1c(O)ccc2c(COC(=O)c3cccc(C#N)c3)cc(=O)oc12. The van der Waals surface area contributed by atoms with Crippen LogP contribution in [0.15, 0.2) is 51.7 Å². The van der Waals surface area contributed by atoms with Crippen LogP contribution in [-0.4, -0.2) is 11.1 Å². The average Bonchev–Trinajstić information content (AvgIpc) is 2.62. The first-order valence-electron chi connectivity index (χ1n) is 7.42. The van der Waals surface area contributed by atoms with Gasteiger partial charge in [-0.3, -0.25) is 0 Å². The number of ether oxygens (including phenoxy) is 1. The van der Waals surface area contributed by atoms with Crippen molar-refractivity contribution in [2.45, 2.75) is 13.5 Å². The maximum Gasteiger partial charge on any atom is 0.338 e. The highest BCUT2D eigenvalue weighted by atomic mass is 16.5. The minimum Gasteiger partial charge on any atom is -0.508 e. The number of aromatic hydroxyl groups is 1. The normalized spacial score (nSPS) is 10.4. The van der Waals surface area contributed by atoms with Gasteiger partial charge < -0.3 is 14.3 Å². The smallest absolute Gasteiger partial charge is 0.338 e. The number of hydrogen-bond donors (Lipinski definition) is 1. The number of esters is 1. The van der Waals surface area contributed by atoms with Crippen LogP contribution in [-0.2, 0) is 11.3 Å². The predicted octanol–water partition coefficient (Wildman–Crippen LogP) is 3.04. The summed E-state index contributed by atoms with van der Waals surface area (Å²) in [5, 5.41) is 19.2. The highest BCUT2D eigenvalue weighted by Crippen LogP contribution is 2.27. The van der Waals surface area contributed by atoms with E-state index in [2.05, 4.69) is 0 Å². The fraction of sp³-hybridized carbons (Fsp3) is 0.105. The maximum absolute atomic E-state index is 12.2. The van der Waals surface area contributed by atoms with Crippen molar-refractivity contribution in [3.05, 3.63) is 75.1 Å². The van der Waals surface area contributed by atoms with Crippen molar-refractivity contribution < 1.29 is 19.1 Å². The number of rotatable bonds is 3. The second kappa shape index (κ2) is 6.49. The van der Waals surface area contributed by atoms with Crippen LogP contribution in [0.1, 0.15) is 27.0 Å². The van der Waals surface area contributed by atoms with Crippen LogP contribution in [0.4, 0.5) is 0 Å². The van der Waals surface area contributed by atoms with Crippen LogP contribution < -0.4 is 5.63 Å². The topological polar surface area (TPSA) is 101 Å². The lowest BCUT2D eigenvalue weighted by atomic mass is 10.1. The summed E-state index contributed by atoms with van der Waals surface area (Å²) >= 11 is 0. The average molecular weight is 335 g/mol. The Balaban J connectivity index is 1.91. The zero-order valence-electron chi connectivity index (χ0n) is 13.3. The van der Waals surface area contributed by atoms with Crippen LogP contribution in [0, 0.1) is 18.3 Å². The lowest BCUT2D eigenvalue weighted by Crippen LogP contribution is -2.08. The van der Waals surface area contributed by atoms with Crippen molar-refractivity contribution in [2.24, 2.45) is 0 Å². The van der Waals surface area contributed by atoms with Gasteiger partial charge in [0.1, 0.15) is 17.9 Å². The van der Waals surface area contributed by atoms with E-state index in [9.17, 15) is 14.7 Å². The van der Waals surface area contributed by atoms with E-state index >= 15 is 0 Å². The third kappa shape index (κ3) is 3.21. The van der Waals surface area contributed by atoms with Crippen molar-refractivity contribution in [3.8, 4) is 11.8 Å². The summed E-state index contributed by atoms with van der Waals surface area (Å²) < 4.78 is 10.4. The largest absolute Gasteiger partial charge is 0.508 e. The fourth-order valence-electron chi connectivity index (χ4n) is 2.48. The molecule has 6 nitrogen and oxygen atoms in total. The van der Waals surface area contributed by atoms with Crippen LogP contribution in [0.2, 0.25) is 0 Å². The standard InChI is InChI=1S/C19H13NO5/c1-11-16(21)6-5-15-14(8-17(22)25-18(11)15)10-24-19(23)13-4-2-3-12(7-13)9-20/h2-8,21H,10H2,1H3. The van der Waals surface area contributed by atoms with Gasteiger partial charge in [0.25, 0.3) is 0 Å². The maximum atomic E-state index is 12.2. The van der Waals surface area contributed by atoms with Gasteiger partial charge in [-0.1, -0.05) is 6.07 Å². The number of phenolic OH excluding ortho intramolecular Hbond substituents is 1.